The lowest BCUT2D eigenvalue weighted by Crippen LogP contribution is -2.47. The molecular formula is C14H19ClN2O3. The van der Waals surface area contributed by atoms with Gasteiger partial charge in [0, 0.05) is 19.6 Å². The minimum Gasteiger partial charge on any atom is -0.485 e. The summed E-state index contributed by atoms with van der Waals surface area (Å²) in [6, 6.07) is 7.46. The molecule has 0 bridgehead atoms. The number of nitrogens with one attached hydrogen (secondary N) is 1. The molecule has 2 heterocycles. The van der Waals surface area contributed by atoms with E-state index < -0.39 is 6.10 Å². The Labute approximate surface area is 124 Å². The molecule has 1 aromatic carbocycles. The quantitative estimate of drug-likeness (QED) is 0.843. The standard InChI is InChI=1S/C14H18N2O3.ClH/c17-14(16-8-3-6-15-7-9-16)13-10-18-11-4-1-2-5-12(11)19-13;/h1-2,4-5,13,15H,3,6-10H2;1H. The number of halogens is 1. The average molecular weight is 299 g/mol. The van der Waals surface area contributed by atoms with Crippen molar-refractivity contribution >= 4 is 18.3 Å². The normalized spacial score (nSPS) is 21.6. The molecule has 2 aliphatic heterocycles. The number of fused-ring (bicyclic) bond motifs is 1. The molecule has 1 saturated heterocycles. The largest absolute Gasteiger partial charge is 0.485 e. The number of para-hydroxylation sites is 2. The van der Waals surface area contributed by atoms with Crippen molar-refractivity contribution in [2.75, 3.05) is 32.8 Å². The van der Waals surface area contributed by atoms with Gasteiger partial charge in [-0.15, -0.1) is 12.4 Å². The zero-order valence-corrected chi connectivity index (χ0v) is 12.0. The molecule has 3 rings (SSSR count). The Bertz CT molecular complexity index is 461. The summed E-state index contributed by atoms with van der Waals surface area (Å²) in [7, 11) is 0. The fourth-order valence-electron chi connectivity index (χ4n) is 2.41. The van der Waals surface area contributed by atoms with Gasteiger partial charge in [-0.2, -0.15) is 0 Å². The van der Waals surface area contributed by atoms with Gasteiger partial charge in [0.25, 0.3) is 5.91 Å². The fourth-order valence-corrected chi connectivity index (χ4v) is 2.41. The number of hydrogen-bond donors (Lipinski definition) is 1. The van der Waals surface area contributed by atoms with Crippen molar-refractivity contribution in [1.82, 2.24) is 10.2 Å². The highest BCUT2D eigenvalue weighted by atomic mass is 35.5. The van der Waals surface area contributed by atoms with Crippen molar-refractivity contribution in [3.8, 4) is 11.5 Å². The number of carbonyl (C=O) groups excluding carboxylic acids is 1. The van der Waals surface area contributed by atoms with Gasteiger partial charge in [0.1, 0.15) is 6.61 Å². The summed E-state index contributed by atoms with van der Waals surface area (Å²) < 4.78 is 11.3. The van der Waals surface area contributed by atoms with Crippen LogP contribution in [0, 0.1) is 0 Å². The van der Waals surface area contributed by atoms with E-state index in [0.29, 0.717) is 18.1 Å². The van der Waals surface area contributed by atoms with Gasteiger partial charge in [-0.25, -0.2) is 0 Å². The van der Waals surface area contributed by atoms with Crippen LogP contribution < -0.4 is 14.8 Å². The van der Waals surface area contributed by atoms with Crippen LogP contribution >= 0.6 is 12.4 Å². The maximum absolute atomic E-state index is 12.4. The molecule has 1 aromatic rings. The number of nitrogens with zero attached hydrogens (tertiary/aromatic N) is 1. The van der Waals surface area contributed by atoms with Crippen LogP contribution in [0.3, 0.4) is 0 Å². The van der Waals surface area contributed by atoms with Crippen LogP contribution in [-0.4, -0.2) is 49.7 Å². The summed E-state index contributed by atoms with van der Waals surface area (Å²) in [5.41, 5.74) is 0. The number of benzene rings is 1. The first-order valence-corrected chi connectivity index (χ1v) is 6.72. The molecule has 6 heteroatoms. The topological polar surface area (TPSA) is 50.8 Å². The zero-order chi connectivity index (χ0) is 13.1. The third kappa shape index (κ3) is 3.16. The van der Waals surface area contributed by atoms with Crippen LogP contribution in [0.1, 0.15) is 6.42 Å². The van der Waals surface area contributed by atoms with Gasteiger partial charge in [-0.05, 0) is 25.1 Å². The van der Waals surface area contributed by atoms with Crippen molar-refractivity contribution < 1.29 is 14.3 Å². The van der Waals surface area contributed by atoms with Crippen molar-refractivity contribution in [2.24, 2.45) is 0 Å². The molecule has 0 radical (unpaired) electrons. The Morgan fingerprint density at radius 1 is 1.20 bits per heavy atom. The van der Waals surface area contributed by atoms with E-state index in [2.05, 4.69) is 5.32 Å². The number of carbonyl (C=O) groups is 1. The molecule has 110 valence electrons. The van der Waals surface area contributed by atoms with Gasteiger partial charge in [0.2, 0.25) is 6.10 Å². The second kappa shape index (κ2) is 6.81. The van der Waals surface area contributed by atoms with Gasteiger partial charge < -0.3 is 19.7 Å². The number of hydrogen-bond acceptors (Lipinski definition) is 4. The third-order valence-electron chi connectivity index (χ3n) is 3.44. The molecule has 1 amide bonds. The molecule has 0 saturated carbocycles. The van der Waals surface area contributed by atoms with E-state index in [1.807, 2.05) is 29.2 Å². The lowest BCUT2D eigenvalue weighted by atomic mass is 10.2. The number of rotatable bonds is 1. The molecule has 5 nitrogen and oxygen atoms in total. The summed E-state index contributed by atoms with van der Waals surface area (Å²) in [4.78, 5) is 14.3. The van der Waals surface area contributed by atoms with E-state index in [9.17, 15) is 4.79 Å². The van der Waals surface area contributed by atoms with E-state index >= 15 is 0 Å². The minimum atomic E-state index is -0.520. The summed E-state index contributed by atoms with van der Waals surface area (Å²) in [5, 5.41) is 3.28. The van der Waals surface area contributed by atoms with Crippen LogP contribution in [-0.2, 0) is 4.79 Å². The molecule has 0 aliphatic carbocycles. The van der Waals surface area contributed by atoms with Crippen LogP contribution in [0.25, 0.3) is 0 Å². The van der Waals surface area contributed by atoms with Crippen molar-refractivity contribution in [2.45, 2.75) is 12.5 Å². The summed E-state index contributed by atoms with van der Waals surface area (Å²) in [6.45, 7) is 3.62. The summed E-state index contributed by atoms with van der Waals surface area (Å²) in [6.07, 6.45) is 0.462. The van der Waals surface area contributed by atoms with Gasteiger partial charge >= 0.3 is 0 Å². The second-order valence-corrected chi connectivity index (χ2v) is 4.79. The van der Waals surface area contributed by atoms with E-state index in [1.165, 1.54) is 0 Å². The molecule has 1 atom stereocenters. The van der Waals surface area contributed by atoms with Gasteiger partial charge in [0.05, 0.1) is 0 Å². The Morgan fingerprint density at radius 3 is 2.85 bits per heavy atom. The Kier molecular flexibility index (Phi) is 5.09. The Balaban J connectivity index is 0.00000147. The lowest BCUT2D eigenvalue weighted by molar-refractivity contribution is -0.141. The van der Waals surface area contributed by atoms with Crippen molar-refractivity contribution in [3.63, 3.8) is 0 Å². The monoisotopic (exact) mass is 298 g/mol. The molecule has 1 unspecified atom stereocenters. The molecule has 1 N–H and O–H groups in total. The summed E-state index contributed by atoms with van der Waals surface area (Å²) in [5.74, 6) is 1.39. The molecule has 2 aliphatic rings. The third-order valence-corrected chi connectivity index (χ3v) is 3.44. The average Bonchev–Trinajstić information content (AvgIpc) is 2.75. The zero-order valence-electron chi connectivity index (χ0n) is 11.2. The first-order valence-electron chi connectivity index (χ1n) is 6.72. The number of amides is 1. The molecule has 0 aromatic heterocycles. The van der Waals surface area contributed by atoms with E-state index in [-0.39, 0.29) is 18.3 Å². The predicted molar refractivity (Wildman–Crippen MR) is 77.7 cm³/mol. The van der Waals surface area contributed by atoms with Crippen molar-refractivity contribution in [1.29, 1.82) is 0 Å². The Hall–Kier alpha value is -1.46. The number of ether oxygens (including phenoxy) is 2. The Morgan fingerprint density at radius 2 is 2.00 bits per heavy atom. The smallest absolute Gasteiger partial charge is 0.267 e. The van der Waals surface area contributed by atoms with Crippen LogP contribution in [0.4, 0.5) is 0 Å². The summed E-state index contributed by atoms with van der Waals surface area (Å²) >= 11 is 0. The van der Waals surface area contributed by atoms with Crippen LogP contribution in [0.15, 0.2) is 24.3 Å². The first kappa shape index (κ1) is 14.9. The fraction of sp³-hybridized carbons (Fsp3) is 0.500. The lowest BCUT2D eigenvalue weighted by Gasteiger charge is -2.30. The van der Waals surface area contributed by atoms with E-state index in [1.54, 1.807) is 0 Å². The van der Waals surface area contributed by atoms with Gasteiger partial charge in [0.15, 0.2) is 11.5 Å². The van der Waals surface area contributed by atoms with E-state index in [0.717, 1.165) is 32.6 Å². The van der Waals surface area contributed by atoms with Crippen molar-refractivity contribution in [3.05, 3.63) is 24.3 Å². The maximum atomic E-state index is 12.4. The first-order chi connectivity index (χ1) is 9.34. The molecule has 0 spiro atoms. The van der Waals surface area contributed by atoms with Crippen LogP contribution in [0.5, 0.6) is 11.5 Å². The maximum Gasteiger partial charge on any atom is 0.267 e. The van der Waals surface area contributed by atoms with Crippen LogP contribution in [0.2, 0.25) is 0 Å². The predicted octanol–water partition coefficient (Wildman–Crippen LogP) is 1.07. The molecule has 20 heavy (non-hydrogen) atoms. The second-order valence-electron chi connectivity index (χ2n) is 4.79. The molecule has 1 fully saturated rings. The highest BCUT2D eigenvalue weighted by Crippen LogP contribution is 2.31. The highest BCUT2D eigenvalue weighted by molar-refractivity contribution is 5.85. The highest BCUT2D eigenvalue weighted by Gasteiger charge is 2.31. The SMILES string of the molecule is Cl.O=C(C1COc2ccccc2O1)N1CCCNCC1. The van der Waals surface area contributed by atoms with Gasteiger partial charge in [-0.1, -0.05) is 12.1 Å². The van der Waals surface area contributed by atoms with E-state index in [4.69, 9.17) is 9.47 Å². The molecular weight excluding hydrogens is 280 g/mol. The van der Waals surface area contributed by atoms with Gasteiger partial charge in [-0.3, -0.25) is 4.79 Å². The minimum absolute atomic E-state index is 0.